The van der Waals surface area contributed by atoms with E-state index in [0.29, 0.717) is 41.7 Å². The Morgan fingerprint density at radius 1 is 1.43 bits per heavy atom. The molecule has 2 atom stereocenters. The van der Waals surface area contributed by atoms with E-state index < -0.39 is 0 Å². The number of halogens is 1. The minimum absolute atomic E-state index is 0.0613. The van der Waals surface area contributed by atoms with Crippen LogP contribution < -0.4 is 9.47 Å². The minimum atomic E-state index is -0.368. The number of carbonyl (C=O) groups excluding carboxylic acids is 1. The van der Waals surface area contributed by atoms with Gasteiger partial charge in [-0.1, -0.05) is 11.6 Å². The second-order valence-electron chi connectivity index (χ2n) is 6.14. The van der Waals surface area contributed by atoms with Gasteiger partial charge in [-0.25, -0.2) is 0 Å². The predicted molar refractivity (Wildman–Crippen MR) is 86.2 cm³/mol. The van der Waals surface area contributed by atoms with Crippen LogP contribution in [0.4, 0.5) is 0 Å². The molecule has 1 fully saturated rings. The summed E-state index contributed by atoms with van der Waals surface area (Å²) in [6.07, 6.45) is -0.368. The standard InChI is InChI=1S/C16H21ClN2O4/c1-10-7-19(4-3-18(10)8-11(2)20)16(21)12-5-13(17)15-14(6-12)22-9-23-15/h5-6,10-11,20H,3-4,7-9H2,1-2H3/t10-,11+/m0/s1. The molecule has 2 heterocycles. The third kappa shape index (κ3) is 3.39. The molecule has 0 radical (unpaired) electrons. The summed E-state index contributed by atoms with van der Waals surface area (Å²) in [4.78, 5) is 16.7. The van der Waals surface area contributed by atoms with Crippen LogP contribution in [-0.4, -0.2) is 65.9 Å². The van der Waals surface area contributed by atoms with Crippen LogP contribution in [0.25, 0.3) is 0 Å². The summed E-state index contributed by atoms with van der Waals surface area (Å²) in [6.45, 7) is 6.59. The molecular weight excluding hydrogens is 320 g/mol. The number of nitrogens with zero attached hydrogens (tertiary/aromatic N) is 2. The number of hydrogen-bond acceptors (Lipinski definition) is 5. The smallest absolute Gasteiger partial charge is 0.254 e. The van der Waals surface area contributed by atoms with E-state index in [0.717, 1.165) is 6.54 Å². The highest BCUT2D eigenvalue weighted by molar-refractivity contribution is 6.32. The third-order valence-corrected chi connectivity index (χ3v) is 4.51. The Balaban J connectivity index is 1.71. The first kappa shape index (κ1) is 16.4. The second kappa shape index (κ2) is 6.55. The maximum atomic E-state index is 12.7. The van der Waals surface area contributed by atoms with Gasteiger partial charge < -0.3 is 19.5 Å². The zero-order valence-corrected chi connectivity index (χ0v) is 14.0. The predicted octanol–water partition coefficient (Wildman–Crippen LogP) is 1.60. The van der Waals surface area contributed by atoms with E-state index >= 15 is 0 Å². The molecule has 1 aromatic carbocycles. The highest BCUT2D eigenvalue weighted by Crippen LogP contribution is 2.40. The quantitative estimate of drug-likeness (QED) is 0.905. The van der Waals surface area contributed by atoms with Crippen molar-refractivity contribution in [3.8, 4) is 11.5 Å². The molecule has 23 heavy (non-hydrogen) atoms. The fraction of sp³-hybridized carbons (Fsp3) is 0.562. The molecule has 0 aromatic heterocycles. The fourth-order valence-corrected chi connectivity index (χ4v) is 3.33. The van der Waals surface area contributed by atoms with Crippen molar-refractivity contribution in [2.45, 2.75) is 26.0 Å². The van der Waals surface area contributed by atoms with Crippen LogP contribution in [0.15, 0.2) is 12.1 Å². The SMILES string of the molecule is C[C@@H](O)CN1CCN(C(=O)c2cc(Cl)c3c(c2)OCO3)C[C@@H]1C. The number of amides is 1. The Kier molecular flexibility index (Phi) is 4.66. The van der Waals surface area contributed by atoms with Gasteiger partial charge in [0.1, 0.15) is 0 Å². The van der Waals surface area contributed by atoms with E-state index in [1.807, 2.05) is 4.90 Å². The van der Waals surface area contributed by atoms with Crippen molar-refractivity contribution < 1.29 is 19.4 Å². The molecule has 2 aliphatic heterocycles. The van der Waals surface area contributed by atoms with E-state index in [2.05, 4.69) is 11.8 Å². The van der Waals surface area contributed by atoms with Crippen molar-refractivity contribution in [3.05, 3.63) is 22.7 Å². The number of fused-ring (bicyclic) bond motifs is 1. The zero-order chi connectivity index (χ0) is 16.6. The summed E-state index contributed by atoms with van der Waals surface area (Å²) in [5.41, 5.74) is 0.510. The largest absolute Gasteiger partial charge is 0.454 e. The van der Waals surface area contributed by atoms with Gasteiger partial charge in [-0.3, -0.25) is 9.69 Å². The number of ether oxygens (including phenoxy) is 2. The zero-order valence-electron chi connectivity index (χ0n) is 13.3. The molecule has 1 amide bonds. The second-order valence-corrected chi connectivity index (χ2v) is 6.54. The van der Waals surface area contributed by atoms with Gasteiger partial charge in [0.25, 0.3) is 5.91 Å². The van der Waals surface area contributed by atoms with Gasteiger partial charge >= 0.3 is 0 Å². The van der Waals surface area contributed by atoms with E-state index in [4.69, 9.17) is 21.1 Å². The lowest BCUT2D eigenvalue weighted by molar-refractivity contribution is 0.0365. The lowest BCUT2D eigenvalue weighted by Crippen LogP contribution is -2.54. The monoisotopic (exact) mass is 340 g/mol. The summed E-state index contributed by atoms with van der Waals surface area (Å²) in [7, 11) is 0. The van der Waals surface area contributed by atoms with Crippen molar-refractivity contribution in [1.82, 2.24) is 9.80 Å². The Labute approximate surface area is 140 Å². The Hall–Kier alpha value is -1.50. The highest BCUT2D eigenvalue weighted by atomic mass is 35.5. The van der Waals surface area contributed by atoms with Crippen LogP contribution in [0, 0.1) is 0 Å². The summed E-state index contributed by atoms with van der Waals surface area (Å²) < 4.78 is 10.6. The molecule has 0 spiro atoms. The normalized spacial score (nSPS) is 22.3. The fourth-order valence-electron chi connectivity index (χ4n) is 3.06. The third-order valence-electron chi connectivity index (χ3n) is 4.23. The number of piperazine rings is 1. The molecule has 126 valence electrons. The van der Waals surface area contributed by atoms with E-state index in [1.54, 1.807) is 19.1 Å². The van der Waals surface area contributed by atoms with Crippen LogP contribution in [0.1, 0.15) is 24.2 Å². The molecule has 0 unspecified atom stereocenters. The van der Waals surface area contributed by atoms with Crippen molar-refractivity contribution in [2.75, 3.05) is 33.0 Å². The van der Waals surface area contributed by atoms with Gasteiger partial charge in [-0.2, -0.15) is 0 Å². The summed E-state index contributed by atoms with van der Waals surface area (Å²) in [5, 5.41) is 9.93. The molecule has 0 aliphatic carbocycles. The molecule has 2 aliphatic rings. The number of hydrogen-bond donors (Lipinski definition) is 1. The van der Waals surface area contributed by atoms with Crippen LogP contribution in [-0.2, 0) is 0 Å². The van der Waals surface area contributed by atoms with Gasteiger partial charge in [0.2, 0.25) is 6.79 Å². The van der Waals surface area contributed by atoms with Crippen molar-refractivity contribution in [2.24, 2.45) is 0 Å². The molecular formula is C16H21ClN2O4. The number of aliphatic hydroxyl groups is 1. The van der Waals surface area contributed by atoms with Gasteiger partial charge in [-0.05, 0) is 26.0 Å². The van der Waals surface area contributed by atoms with Crippen molar-refractivity contribution in [3.63, 3.8) is 0 Å². The average molecular weight is 341 g/mol. The first-order valence-corrected chi connectivity index (χ1v) is 8.14. The van der Waals surface area contributed by atoms with Gasteiger partial charge in [-0.15, -0.1) is 0 Å². The van der Waals surface area contributed by atoms with Crippen LogP contribution in [0.5, 0.6) is 11.5 Å². The molecule has 6 nitrogen and oxygen atoms in total. The van der Waals surface area contributed by atoms with Gasteiger partial charge in [0.05, 0.1) is 11.1 Å². The topological polar surface area (TPSA) is 62.2 Å². The first-order valence-electron chi connectivity index (χ1n) is 7.76. The lowest BCUT2D eigenvalue weighted by Gasteiger charge is -2.40. The minimum Gasteiger partial charge on any atom is -0.454 e. The van der Waals surface area contributed by atoms with Crippen LogP contribution >= 0.6 is 11.6 Å². The van der Waals surface area contributed by atoms with E-state index in [1.165, 1.54) is 0 Å². The maximum absolute atomic E-state index is 12.7. The number of rotatable bonds is 3. The number of aliphatic hydroxyl groups excluding tert-OH is 1. The maximum Gasteiger partial charge on any atom is 0.254 e. The molecule has 3 rings (SSSR count). The van der Waals surface area contributed by atoms with E-state index in [9.17, 15) is 9.90 Å². The van der Waals surface area contributed by atoms with Gasteiger partial charge in [0.15, 0.2) is 11.5 Å². The molecule has 0 saturated carbocycles. The first-order chi connectivity index (χ1) is 11.0. The number of carbonyl (C=O) groups is 1. The molecule has 0 bridgehead atoms. The molecule has 1 aromatic rings. The summed E-state index contributed by atoms with van der Waals surface area (Å²) >= 11 is 6.16. The Morgan fingerprint density at radius 3 is 2.91 bits per heavy atom. The van der Waals surface area contributed by atoms with Gasteiger partial charge in [0, 0.05) is 37.8 Å². The Morgan fingerprint density at radius 2 is 2.22 bits per heavy atom. The van der Waals surface area contributed by atoms with Crippen LogP contribution in [0.2, 0.25) is 5.02 Å². The molecule has 1 saturated heterocycles. The lowest BCUT2D eigenvalue weighted by atomic mass is 10.1. The molecule has 7 heteroatoms. The number of benzene rings is 1. The average Bonchev–Trinajstić information content (AvgIpc) is 2.97. The van der Waals surface area contributed by atoms with Crippen LogP contribution in [0.3, 0.4) is 0 Å². The van der Waals surface area contributed by atoms with Crippen molar-refractivity contribution in [1.29, 1.82) is 0 Å². The summed E-state index contributed by atoms with van der Waals surface area (Å²) in [5.74, 6) is 0.953. The highest BCUT2D eigenvalue weighted by Gasteiger charge is 2.29. The molecule has 1 N–H and O–H groups in total. The number of β-amino-alcohol motifs (C(OH)–C–C–N with tert-alkyl or cyclic N) is 1. The summed E-state index contributed by atoms with van der Waals surface area (Å²) in [6, 6.07) is 3.51. The van der Waals surface area contributed by atoms with E-state index in [-0.39, 0.29) is 24.8 Å². The Bertz CT molecular complexity index is 608. The van der Waals surface area contributed by atoms with Crippen molar-refractivity contribution >= 4 is 17.5 Å².